The predicted octanol–water partition coefficient (Wildman–Crippen LogP) is 5.10. The maximum atomic E-state index is 11.8. The average molecular weight is 316 g/mol. The summed E-state index contributed by atoms with van der Waals surface area (Å²) in [4.78, 5) is 11.8. The van der Waals surface area contributed by atoms with E-state index in [0.29, 0.717) is 17.1 Å². The van der Waals surface area contributed by atoms with Gasteiger partial charge in [0.05, 0.1) is 5.57 Å². The number of hydrogen-bond donors (Lipinski definition) is 1. The number of ether oxygens (including phenoxy) is 1. The zero-order valence-electron chi connectivity index (χ0n) is 12.9. The summed E-state index contributed by atoms with van der Waals surface area (Å²) >= 11 is 0. The van der Waals surface area contributed by atoms with Crippen LogP contribution in [-0.4, -0.2) is 11.1 Å². The topological polar surface area (TPSA) is 46.5 Å². The maximum Gasteiger partial charge on any atom is 0.336 e. The van der Waals surface area contributed by atoms with Crippen LogP contribution in [0.15, 0.2) is 84.9 Å². The van der Waals surface area contributed by atoms with E-state index < -0.39 is 5.97 Å². The summed E-state index contributed by atoms with van der Waals surface area (Å²) in [5.74, 6) is 0.172. The minimum atomic E-state index is -0.997. The summed E-state index contributed by atoms with van der Waals surface area (Å²) in [6.45, 7) is 0. The Balaban J connectivity index is 2.03. The van der Waals surface area contributed by atoms with Crippen molar-refractivity contribution in [3.8, 4) is 11.5 Å². The third kappa shape index (κ3) is 3.70. The smallest absolute Gasteiger partial charge is 0.336 e. The van der Waals surface area contributed by atoms with E-state index in [9.17, 15) is 9.90 Å². The first-order valence-corrected chi connectivity index (χ1v) is 7.56. The first-order valence-electron chi connectivity index (χ1n) is 7.56. The SMILES string of the molecule is O=C(O)C(=Cc1ccccc1)c1ccccc1Oc1ccccc1. The molecule has 3 rings (SSSR count). The highest BCUT2D eigenvalue weighted by molar-refractivity contribution is 6.21. The highest BCUT2D eigenvalue weighted by atomic mass is 16.5. The molecule has 118 valence electrons. The highest BCUT2D eigenvalue weighted by Crippen LogP contribution is 2.31. The van der Waals surface area contributed by atoms with Crippen molar-refractivity contribution in [3.05, 3.63) is 96.1 Å². The molecule has 0 saturated heterocycles. The van der Waals surface area contributed by atoms with Gasteiger partial charge in [-0.1, -0.05) is 66.7 Å². The van der Waals surface area contributed by atoms with E-state index in [4.69, 9.17) is 4.74 Å². The van der Waals surface area contributed by atoms with E-state index in [1.54, 1.807) is 24.3 Å². The molecule has 3 aromatic carbocycles. The second-order valence-electron chi connectivity index (χ2n) is 5.19. The summed E-state index contributed by atoms with van der Waals surface area (Å²) < 4.78 is 5.87. The van der Waals surface area contributed by atoms with Gasteiger partial charge in [0.15, 0.2) is 0 Å². The zero-order valence-corrected chi connectivity index (χ0v) is 12.9. The Labute approximate surface area is 140 Å². The number of para-hydroxylation sites is 2. The largest absolute Gasteiger partial charge is 0.478 e. The molecule has 0 bridgehead atoms. The lowest BCUT2D eigenvalue weighted by Crippen LogP contribution is -2.01. The van der Waals surface area contributed by atoms with Crippen molar-refractivity contribution in [2.45, 2.75) is 0 Å². The molecule has 3 aromatic rings. The van der Waals surface area contributed by atoms with Crippen LogP contribution >= 0.6 is 0 Å². The van der Waals surface area contributed by atoms with Gasteiger partial charge in [0.25, 0.3) is 0 Å². The molecule has 0 unspecified atom stereocenters. The molecule has 0 aliphatic rings. The van der Waals surface area contributed by atoms with Crippen molar-refractivity contribution in [2.75, 3.05) is 0 Å². The molecule has 3 nitrogen and oxygen atoms in total. The summed E-state index contributed by atoms with van der Waals surface area (Å²) in [5.41, 5.74) is 1.55. The third-order valence-electron chi connectivity index (χ3n) is 3.49. The lowest BCUT2D eigenvalue weighted by Gasteiger charge is -2.12. The van der Waals surface area contributed by atoms with Gasteiger partial charge in [0.2, 0.25) is 0 Å². The molecular weight excluding hydrogens is 300 g/mol. The summed E-state index contributed by atoms with van der Waals surface area (Å²) in [6, 6.07) is 25.8. The van der Waals surface area contributed by atoms with Crippen LogP contribution < -0.4 is 4.74 Å². The van der Waals surface area contributed by atoms with Gasteiger partial charge in [-0.25, -0.2) is 4.79 Å². The van der Waals surface area contributed by atoms with Crippen LogP contribution in [-0.2, 0) is 4.79 Å². The van der Waals surface area contributed by atoms with Crippen molar-refractivity contribution >= 4 is 17.6 Å². The fraction of sp³-hybridized carbons (Fsp3) is 0. The maximum absolute atomic E-state index is 11.8. The number of rotatable bonds is 5. The van der Waals surface area contributed by atoms with E-state index in [2.05, 4.69) is 0 Å². The number of carboxylic acid groups (broad SMARTS) is 1. The van der Waals surface area contributed by atoms with Gasteiger partial charge in [-0.05, 0) is 29.8 Å². The summed E-state index contributed by atoms with van der Waals surface area (Å²) in [5, 5.41) is 9.65. The molecule has 0 fully saturated rings. The highest BCUT2D eigenvalue weighted by Gasteiger charge is 2.16. The molecule has 0 saturated carbocycles. The lowest BCUT2D eigenvalue weighted by atomic mass is 10.0. The van der Waals surface area contributed by atoms with Crippen LogP contribution in [0.3, 0.4) is 0 Å². The van der Waals surface area contributed by atoms with Gasteiger partial charge < -0.3 is 9.84 Å². The lowest BCUT2D eigenvalue weighted by molar-refractivity contribution is -0.130. The number of aliphatic carboxylic acids is 1. The van der Waals surface area contributed by atoms with Crippen molar-refractivity contribution in [1.29, 1.82) is 0 Å². The Bertz CT molecular complexity index is 853. The molecule has 0 spiro atoms. The number of carboxylic acids is 1. The third-order valence-corrected chi connectivity index (χ3v) is 3.49. The number of benzene rings is 3. The van der Waals surface area contributed by atoms with E-state index in [-0.39, 0.29) is 5.57 Å². The number of hydrogen-bond acceptors (Lipinski definition) is 2. The Morgan fingerprint density at radius 1 is 0.792 bits per heavy atom. The fourth-order valence-electron chi connectivity index (χ4n) is 2.36. The summed E-state index contributed by atoms with van der Waals surface area (Å²) in [7, 11) is 0. The van der Waals surface area contributed by atoms with E-state index in [0.717, 1.165) is 5.56 Å². The standard InChI is InChI=1S/C21H16O3/c22-21(23)19(15-16-9-3-1-4-10-16)18-13-7-8-14-20(18)24-17-11-5-2-6-12-17/h1-15H,(H,22,23). The van der Waals surface area contributed by atoms with Crippen molar-refractivity contribution in [3.63, 3.8) is 0 Å². The quantitative estimate of drug-likeness (QED) is 0.526. The van der Waals surface area contributed by atoms with Gasteiger partial charge >= 0.3 is 5.97 Å². The monoisotopic (exact) mass is 316 g/mol. The Hall–Kier alpha value is -3.33. The Kier molecular flexibility index (Phi) is 4.73. The van der Waals surface area contributed by atoms with E-state index >= 15 is 0 Å². The van der Waals surface area contributed by atoms with Crippen LogP contribution in [0.1, 0.15) is 11.1 Å². The minimum absolute atomic E-state index is 0.188. The second-order valence-corrected chi connectivity index (χ2v) is 5.19. The Morgan fingerprint density at radius 2 is 1.38 bits per heavy atom. The molecule has 0 aromatic heterocycles. The zero-order chi connectivity index (χ0) is 16.8. The fourth-order valence-corrected chi connectivity index (χ4v) is 2.36. The van der Waals surface area contributed by atoms with Crippen LogP contribution in [0.2, 0.25) is 0 Å². The minimum Gasteiger partial charge on any atom is -0.478 e. The van der Waals surface area contributed by atoms with Gasteiger partial charge in [-0.15, -0.1) is 0 Å². The molecule has 0 amide bonds. The van der Waals surface area contributed by atoms with Crippen molar-refractivity contribution < 1.29 is 14.6 Å². The second kappa shape index (κ2) is 7.29. The molecule has 0 atom stereocenters. The molecule has 0 heterocycles. The van der Waals surface area contributed by atoms with Gasteiger partial charge in [-0.2, -0.15) is 0 Å². The number of carbonyl (C=O) groups is 1. The normalized spacial score (nSPS) is 11.1. The average Bonchev–Trinajstić information content (AvgIpc) is 2.62. The predicted molar refractivity (Wildman–Crippen MR) is 94.9 cm³/mol. The van der Waals surface area contributed by atoms with Gasteiger partial charge in [0, 0.05) is 5.56 Å². The molecule has 24 heavy (non-hydrogen) atoms. The summed E-state index contributed by atoms with van der Waals surface area (Å²) in [6.07, 6.45) is 1.65. The van der Waals surface area contributed by atoms with E-state index in [1.165, 1.54) is 0 Å². The first kappa shape index (κ1) is 15.6. The molecular formula is C21H16O3. The van der Waals surface area contributed by atoms with Crippen LogP contribution in [0.4, 0.5) is 0 Å². The molecule has 0 aliphatic carbocycles. The van der Waals surface area contributed by atoms with Gasteiger partial charge in [-0.3, -0.25) is 0 Å². The molecule has 1 N–H and O–H groups in total. The van der Waals surface area contributed by atoms with Crippen LogP contribution in [0.5, 0.6) is 11.5 Å². The molecule has 3 heteroatoms. The van der Waals surface area contributed by atoms with Crippen LogP contribution in [0, 0.1) is 0 Å². The Morgan fingerprint density at radius 3 is 2.04 bits per heavy atom. The van der Waals surface area contributed by atoms with E-state index in [1.807, 2.05) is 66.7 Å². The van der Waals surface area contributed by atoms with Crippen LogP contribution in [0.25, 0.3) is 11.6 Å². The molecule has 0 radical (unpaired) electrons. The van der Waals surface area contributed by atoms with Gasteiger partial charge in [0.1, 0.15) is 11.5 Å². The van der Waals surface area contributed by atoms with Crippen molar-refractivity contribution in [2.24, 2.45) is 0 Å². The van der Waals surface area contributed by atoms with Crippen molar-refractivity contribution in [1.82, 2.24) is 0 Å². The first-order chi connectivity index (χ1) is 11.7. The molecule has 0 aliphatic heterocycles.